The molecule has 0 radical (unpaired) electrons. The summed E-state index contributed by atoms with van der Waals surface area (Å²) in [5.41, 5.74) is -2.74. The molecule has 0 saturated heterocycles. The predicted molar refractivity (Wildman–Crippen MR) is 51.8 cm³/mol. The van der Waals surface area contributed by atoms with Gasteiger partial charge in [0.1, 0.15) is 0 Å². The molecule has 0 aromatic carbocycles. The highest BCUT2D eigenvalue weighted by molar-refractivity contribution is 5.88. The Balaban J connectivity index is 3.31. The Morgan fingerprint density at radius 2 is 2.00 bits per heavy atom. The lowest BCUT2D eigenvalue weighted by molar-refractivity contribution is -0.276. The lowest BCUT2D eigenvalue weighted by atomic mass is 10.2. The van der Waals surface area contributed by atoms with E-state index in [1.807, 2.05) is 0 Å². The van der Waals surface area contributed by atoms with Crippen LogP contribution in [0.2, 0.25) is 0 Å². The molecule has 20 heavy (non-hydrogen) atoms. The number of hydrogen-bond donors (Lipinski definition) is 0. The summed E-state index contributed by atoms with van der Waals surface area (Å²) in [6.07, 6.45) is -8.68. The van der Waals surface area contributed by atoms with Crippen LogP contribution < -0.4 is 4.74 Å². The van der Waals surface area contributed by atoms with Gasteiger partial charge in [-0.25, -0.2) is 22.9 Å². The second-order valence-corrected chi connectivity index (χ2v) is 3.28. The van der Waals surface area contributed by atoms with Gasteiger partial charge in [-0.15, -0.1) is 13.2 Å². The molecule has 10 heteroatoms. The molecule has 0 amide bonds. The summed E-state index contributed by atoms with van der Waals surface area (Å²) in [5.74, 6) is -4.61. The van der Waals surface area contributed by atoms with Crippen LogP contribution in [0.4, 0.5) is 26.3 Å². The fraction of sp³-hybridized carbons (Fsp3) is 0.400. The molecule has 0 bridgehead atoms. The van der Waals surface area contributed by atoms with Gasteiger partial charge >= 0.3 is 12.3 Å². The maximum Gasteiger partial charge on any atom is 0.574 e. The molecule has 0 aliphatic carbocycles. The van der Waals surface area contributed by atoms with Crippen LogP contribution in [0.25, 0.3) is 0 Å². The van der Waals surface area contributed by atoms with Gasteiger partial charge in [0.2, 0.25) is 5.88 Å². The molecule has 0 unspecified atom stereocenters. The Labute approximate surface area is 108 Å². The number of halogens is 6. The maximum absolute atomic E-state index is 13.5. The van der Waals surface area contributed by atoms with Gasteiger partial charge in [-0.05, 0) is 6.92 Å². The Kier molecular flexibility index (Phi) is 4.79. The number of carbonyl (C=O) groups excluding carboxylic acids is 1. The highest BCUT2D eigenvalue weighted by atomic mass is 19.4. The van der Waals surface area contributed by atoms with Crippen LogP contribution in [0, 0.1) is 5.82 Å². The first-order chi connectivity index (χ1) is 9.15. The number of carbonyl (C=O) groups is 1. The van der Waals surface area contributed by atoms with Gasteiger partial charge in [-0.3, -0.25) is 0 Å². The summed E-state index contributed by atoms with van der Waals surface area (Å²) in [6.45, 7) is 1.09. The number of nitrogens with zero attached hydrogens (tertiary/aromatic N) is 1. The summed E-state index contributed by atoms with van der Waals surface area (Å²) in [5, 5.41) is 0. The number of hydrogen-bond acceptors (Lipinski definition) is 4. The normalized spacial score (nSPS) is 11.6. The van der Waals surface area contributed by atoms with Crippen LogP contribution in [-0.2, 0) is 4.74 Å². The summed E-state index contributed by atoms with van der Waals surface area (Å²) in [6, 6.07) is 0.0657. The van der Waals surface area contributed by atoms with Crippen molar-refractivity contribution in [3.05, 3.63) is 23.1 Å². The highest BCUT2D eigenvalue weighted by Gasteiger charge is 2.34. The highest BCUT2D eigenvalue weighted by Crippen LogP contribution is 2.29. The average molecular weight is 303 g/mol. The summed E-state index contributed by atoms with van der Waals surface area (Å²) < 4.78 is 82.1. The zero-order chi connectivity index (χ0) is 15.5. The van der Waals surface area contributed by atoms with Gasteiger partial charge < -0.3 is 9.47 Å². The van der Waals surface area contributed by atoms with Crippen LogP contribution in [0.3, 0.4) is 0 Å². The molecule has 1 rings (SSSR count). The molecule has 0 fully saturated rings. The molecule has 0 saturated carbocycles. The fourth-order valence-corrected chi connectivity index (χ4v) is 1.19. The van der Waals surface area contributed by atoms with Crippen LogP contribution in [0.15, 0.2) is 6.07 Å². The number of ether oxygens (including phenoxy) is 2. The van der Waals surface area contributed by atoms with Crippen molar-refractivity contribution in [2.75, 3.05) is 6.61 Å². The van der Waals surface area contributed by atoms with Crippen molar-refractivity contribution < 1.29 is 40.6 Å². The van der Waals surface area contributed by atoms with Crippen LogP contribution in [-0.4, -0.2) is 23.9 Å². The van der Waals surface area contributed by atoms with E-state index in [0.29, 0.717) is 0 Å². The fourth-order valence-electron chi connectivity index (χ4n) is 1.19. The minimum atomic E-state index is -5.23. The third-order valence-electron chi connectivity index (χ3n) is 1.89. The van der Waals surface area contributed by atoms with Gasteiger partial charge in [0.25, 0.3) is 6.43 Å². The minimum absolute atomic E-state index is 0.0657. The standard InChI is InChI=1S/C10H7F6NO3/c1-2-19-9(18)7-6(11)4(8(12)13)3-5(17-7)20-10(14,15)16/h3,8H,2H2,1H3. The molecule has 1 heterocycles. The SMILES string of the molecule is CCOC(=O)c1nc(OC(F)(F)F)cc(C(F)F)c1F. The summed E-state index contributed by atoms with van der Waals surface area (Å²) in [4.78, 5) is 14.1. The number of pyridine rings is 1. The third kappa shape index (κ3) is 4.00. The van der Waals surface area contributed by atoms with Crippen molar-refractivity contribution in [2.45, 2.75) is 19.7 Å². The van der Waals surface area contributed by atoms with Crippen molar-refractivity contribution in [1.82, 2.24) is 4.98 Å². The van der Waals surface area contributed by atoms with Crippen LogP contribution >= 0.6 is 0 Å². The third-order valence-corrected chi connectivity index (χ3v) is 1.89. The van der Waals surface area contributed by atoms with Gasteiger partial charge in [-0.2, -0.15) is 0 Å². The van der Waals surface area contributed by atoms with Crippen molar-refractivity contribution in [1.29, 1.82) is 0 Å². The molecule has 4 nitrogen and oxygen atoms in total. The Bertz CT molecular complexity index is 503. The molecule has 0 aliphatic rings. The molecule has 1 aromatic heterocycles. The number of rotatable bonds is 4. The quantitative estimate of drug-likeness (QED) is 0.633. The molecule has 1 aromatic rings. The van der Waals surface area contributed by atoms with E-state index >= 15 is 0 Å². The van der Waals surface area contributed by atoms with Gasteiger partial charge in [-0.1, -0.05) is 0 Å². The van der Waals surface area contributed by atoms with Crippen LogP contribution in [0.1, 0.15) is 29.4 Å². The number of alkyl halides is 5. The van der Waals surface area contributed by atoms with Crippen molar-refractivity contribution in [3.63, 3.8) is 0 Å². The zero-order valence-electron chi connectivity index (χ0n) is 9.80. The first kappa shape index (κ1) is 16.1. The van der Waals surface area contributed by atoms with Crippen LogP contribution in [0.5, 0.6) is 5.88 Å². The smallest absolute Gasteiger partial charge is 0.461 e. The van der Waals surface area contributed by atoms with Crippen molar-refractivity contribution >= 4 is 5.97 Å². The van der Waals surface area contributed by atoms with Crippen molar-refractivity contribution in [3.8, 4) is 5.88 Å². The van der Waals surface area contributed by atoms with Crippen molar-refractivity contribution in [2.24, 2.45) is 0 Å². The molecular formula is C10H7F6NO3. The van der Waals surface area contributed by atoms with E-state index in [1.165, 1.54) is 6.92 Å². The summed E-state index contributed by atoms with van der Waals surface area (Å²) >= 11 is 0. The first-order valence-corrected chi connectivity index (χ1v) is 5.07. The van der Waals surface area contributed by atoms with Gasteiger partial charge in [0, 0.05) is 6.07 Å². The topological polar surface area (TPSA) is 48.4 Å². The van der Waals surface area contributed by atoms with E-state index in [2.05, 4.69) is 14.5 Å². The molecule has 0 spiro atoms. The van der Waals surface area contributed by atoms with E-state index in [0.717, 1.165) is 0 Å². The Hall–Kier alpha value is -2.00. The Morgan fingerprint density at radius 1 is 1.40 bits per heavy atom. The predicted octanol–water partition coefficient (Wildman–Crippen LogP) is 3.23. The van der Waals surface area contributed by atoms with E-state index in [4.69, 9.17) is 0 Å². The lowest BCUT2D eigenvalue weighted by Gasteiger charge is -2.12. The molecule has 0 atom stereocenters. The van der Waals surface area contributed by atoms with E-state index in [-0.39, 0.29) is 12.7 Å². The monoisotopic (exact) mass is 303 g/mol. The molecule has 0 N–H and O–H groups in total. The first-order valence-electron chi connectivity index (χ1n) is 5.07. The lowest BCUT2D eigenvalue weighted by Crippen LogP contribution is -2.20. The average Bonchev–Trinajstić information content (AvgIpc) is 2.29. The largest absolute Gasteiger partial charge is 0.574 e. The second-order valence-electron chi connectivity index (χ2n) is 3.28. The molecule has 0 aliphatic heterocycles. The van der Waals surface area contributed by atoms with Gasteiger partial charge in [0.05, 0.1) is 12.2 Å². The second kappa shape index (κ2) is 5.97. The van der Waals surface area contributed by atoms with E-state index in [1.54, 1.807) is 0 Å². The number of esters is 1. The summed E-state index contributed by atoms with van der Waals surface area (Å²) in [7, 11) is 0. The molecule has 112 valence electrons. The zero-order valence-corrected chi connectivity index (χ0v) is 9.80. The maximum atomic E-state index is 13.5. The molecular weight excluding hydrogens is 296 g/mol. The Morgan fingerprint density at radius 3 is 2.45 bits per heavy atom. The van der Waals surface area contributed by atoms with E-state index < -0.39 is 41.7 Å². The van der Waals surface area contributed by atoms with Gasteiger partial charge in [0.15, 0.2) is 11.5 Å². The minimum Gasteiger partial charge on any atom is -0.461 e. The van der Waals surface area contributed by atoms with E-state index in [9.17, 15) is 31.1 Å². The number of aromatic nitrogens is 1.